The second-order valence-corrected chi connectivity index (χ2v) is 7.41. The summed E-state index contributed by atoms with van der Waals surface area (Å²) in [6.45, 7) is -6.01. The quantitative estimate of drug-likeness (QED) is 0.410. The molecule has 0 bridgehead atoms. The number of hydrogen-bond acceptors (Lipinski definition) is 6. The van der Waals surface area contributed by atoms with E-state index in [2.05, 4.69) is 0 Å². The van der Waals surface area contributed by atoms with E-state index >= 15 is 0 Å². The van der Waals surface area contributed by atoms with Crippen molar-refractivity contribution in [3.63, 3.8) is 0 Å². The van der Waals surface area contributed by atoms with Gasteiger partial charge in [-0.15, -0.1) is 0 Å². The van der Waals surface area contributed by atoms with E-state index in [1.165, 1.54) is 28.4 Å². The van der Waals surface area contributed by atoms with Crippen LogP contribution in [0.1, 0.15) is 54.1 Å². The van der Waals surface area contributed by atoms with Crippen molar-refractivity contribution < 1.29 is 35.4 Å². The summed E-state index contributed by atoms with van der Waals surface area (Å²) in [6.07, 6.45) is -0.213. The molecular weight excluding hydrogens is 416 g/mol. The van der Waals surface area contributed by atoms with Crippen LogP contribution in [0.5, 0.6) is 23.0 Å². The van der Waals surface area contributed by atoms with Crippen LogP contribution in [0.3, 0.4) is 0 Å². The molecule has 6 heteroatoms. The first-order valence-electron chi connectivity index (χ1n) is 16.3. The summed E-state index contributed by atoms with van der Waals surface area (Å²) in [5.74, 6) is -2.94. The van der Waals surface area contributed by atoms with Crippen molar-refractivity contribution in [3.8, 4) is 29.1 Å². The summed E-state index contributed by atoms with van der Waals surface area (Å²) in [4.78, 5) is 1.76. The van der Waals surface area contributed by atoms with Gasteiger partial charge in [0.1, 0.15) is 0 Å². The minimum Gasteiger partial charge on any atom is -0.493 e. The van der Waals surface area contributed by atoms with E-state index in [1.807, 2.05) is 6.07 Å². The average Bonchev–Trinajstić information content (AvgIpc) is 2.94. The Morgan fingerprint density at radius 1 is 0.939 bits per heavy atom. The van der Waals surface area contributed by atoms with Gasteiger partial charge in [-0.05, 0) is 74.1 Å². The zero-order valence-corrected chi connectivity index (χ0v) is 19.6. The molecule has 0 N–H and O–H groups in total. The lowest BCUT2D eigenvalue weighted by Crippen LogP contribution is -2.32. The predicted molar refractivity (Wildman–Crippen MR) is 132 cm³/mol. The van der Waals surface area contributed by atoms with Gasteiger partial charge in [0.25, 0.3) is 0 Å². The highest BCUT2D eigenvalue weighted by molar-refractivity contribution is 5.47. The maximum Gasteiger partial charge on any atom is 0.161 e. The second kappa shape index (κ2) is 12.4. The van der Waals surface area contributed by atoms with E-state index in [-0.39, 0.29) is 72.6 Å². The molecule has 2 rings (SSSR count). The van der Waals surface area contributed by atoms with Crippen LogP contribution >= 0.6 is 0 Å². The van der Waals surface area contributed by atoms with Crippen molar-refractivity contribution in [2.45, 2.75) is 38.4 Å². The number of rotatable bonds is 13. The SMILES string of the molecule is [2H]c1c([2H])c(OC)c(OC)c([2H])c1CCN(C)CCCC(C#N)(c1c([2H])c([2H])c(OC)c(OC)c1[2H])C(C([2H])([2H])[2H])C([2H])([2H])[2H]. The van der Waals surface area contributed by atoms with Crippen molar-refractivity contribution >= 4 is 0 Å². The van der Waals surface area contributed by atoms with Gasteiger partial charge in [-0.1, -0.05) is 25.8 Å². The number of likely N-dealkylation sites (N-methyl/N-ethyl adjacent to an activating group) is 1. The van der Waals surface area contributed by atoms with Crippen LogP contribution in [0.4, 0.5) is 0 Å². The molecule has 0 heterocycles. The van der Waals surface area contributed by atoms with E-state index in [0.717, 1.165) is 0 Å². The maximum absolute atomic E-state index is 10.6. The van der Waals surface area contributed by atoms with E-state index in [4.69, 9.17) is 35.4 Å². The van der Waals surface area contributed by atoms with Crippen LogP contribution in [0.25, 0.3) is 0 Å². The molecule has 0 amide bonds. The van der Waals surface area contributed by atoms with Crippen molar-refractivity contribution in [1.29, 1.82) is 5.26 Å². The average molecular weight is 467 g/mol. The van der Waals surface area contributed by atoms with E-state index in [1.54, 1.807) is 11.9 Å². The first-order chi connectivity index (χ1) is 20.8. The van der Waals surface area contributed by atoms with Gasteiger partial charge in [-0.25, -0.2) is 0 Å². The fourth-order valence-electron chi connectivity index (χ4n) is 3.35. The molecule has 0 saturated heterocycles. The van der Waals surface area contributed by atoms with Crippen LogP contribution in [0.2, 0.25) is 0 Å². The Hall–Kier alpha value is -2.91. The third-order valence-electron chi connectivity index (χ3n) is 5.35. The largest absolute Gasteiger partial charge is 0.493 e. The second-order valence-electron chi connectivity index (χ2n) is 7.41. The molecule has 0 aliphatic carbocycles. The van der Waals surface area contributed by atoms with Crippen LogP contribution in [-0.4, -0.2) is 53.5 Å². The number of nitrogens with zero attached hydrogens (tertiary/aromatic N) is 2. The Morgan fingerprint density at radius 2 is 1.55 bits per heavy atom. The van der Waals surface area contributed by atoms with Gasteiger partial charge in [0.15, 0.2) is 23.0 Å². The zero-order valence-electron chi connectivity index (χ0n) is 31.6. The molecule has 0 spiro atoms. The normalized spacial score (nSPS) is 18.8. The maximum atomic E-state index is 10.6. The smallest absolute Gasteiger partial charge is 0.161 e. The van der Waals surface area contributed by atoms with Crippen LogP contribution in [0.15, 0.2) is 36.3 Å². The molecule has 6 nitrogen and oxygen atoms in total. The lowest BCUT2D eigenvalue weighted by atomic mass is 9.69. The molecule has 0 aromatic heterocycles. The van der Waals surface area contributed by atoms with E-state index < -0.39 is 55.1 Å². The van der Waals surface area contributed by atoms with Gasteiger partial charge < -0.3 is 23.8 Å². The minimum atomic E-state index is -3.22. The van der Waals surface area contributed by atoms with Gasteiger partial charge >= 0.3 is 0 Å². The van der Waals surface area contributed by atoms with Crippen molar-refractivity contribution in [2.24, 2.45) is 5.92 Å². The number of hydrogen-bond donors (Lipinski definition) is 0. The van der Waals surface area contributed by atoms with E-state index in [9.17, 15) is 5.26 Å². The summed E-state index contributed by atoms with van der Waals surface area (Å²) < 4.78 is 121. The fraction of sp³-hybridized carbons (Fsp3) is 0.519. The Kier molecular flexibility index (Phi) is 5.14. The summed E-state index contributed by atoms with van der Waals surface area (Å²) in [7, 11) is 6.69. The molecule has 2 aromatic carbocycles. The highest BCUT2D eigenvalue weighted by Crippen LogP contribution is 2.40. The Bertz CT molecular complexity index is 1410. The lowest BCUT2D eigenvalue weighted by molar-refractivity contribution is 0.292. The summed E-state index contributed by atoms with van der Waals surface area (Å²) >= 11 is 0. The molecule has 0 radical (unpaired) electrons. The summed E-state index contributed by atoms with van der Waals surface area (Å²) in [5, 5.41) is 10.6. The molecule has 33 heavy (non-hydrogen) atoms. The van der Waals surface area contributed by atoms with Gasteiger partial charge in [0, 0.05) is 14.8 Å². The third-order valence-corrected chi connectivity index (χ3v) is 5.35. The lowest BCUT2D eigenvalue weighted by Gasteiger charge is -2.32. The Balaban J connectivity index is 2.56. The van der Waals surface area contributed by atoms with Gasteiger partial charge in [-0.3, -0.25) is 0 Å². The number of ether oxygens (including phenoxy) is 4. The highest BCUT2D eigenvalue weighted by Gasteiger charge is 2.36. The summed E-state index contributed by atoms with van der Waals surface area (Å²) in [5.41, 5.74) is -2.74. The molecular formula is C27H38N2O4. The van der Waals surface area contributed by atoms with Crippen molar-refractivity contribution in [2.75, 3.05) is 48.6 Å². The molecule has 180 valence electrons. The monoisotopic (exact) mass is 466 g/mol. The molecule has 0 aliphatic heterocycles. The summed E-state index contributed by atoms with van der Waals surface area (Å²) in [6, 6.07) is -0.583. The number of benzene rings is 2. The highest BCUT2D eigenvalue weighted by atomic mass is 16.5. The minimum absolute atomic E-state index is 0.0240. The zero-order chi connectivity index (χ0) is 34.7. The molecule has 0 saturated carbocycles. The van der Waals surface area contributed by atoms with Crippen LogP contribution in [0, 0.1) is 17.2 Å². The Morgan fingerprint density at radius 3 is 2.12 bits per heavy atom. The van der Waals surface area contributed by atoms with E-state index in [0.29, 0.717) is 0 Å². The Labute approximate surface area is 215 Å². The molecule has 1 atom stereocenters. The first-order valence-corrected chi connectivity index (χ1v) is 10.3. The molecule has 1 unspecified atom stereocenters. The van der Waals surface area contributed by atoms with Gasteiger partial charge in [0.2, 0.25) is 0 Å². The third kappa shape index (κ3) is 6.33. The first kappa shape index (κ1) is 13.7. The van der Waals surface area contributed by atoms with Gasteiger partial charge in [-0.2, -0.15) is 5.26 Å². The number of nitriles is 1. The topological polar surface area (TPSA) is 64.0 Å². The number of methoxy groups -OCH3 is 4. The van der Waals surface area contributed by atoms with Crippen LogP contribution in [-0.2, 0) is 11.8 Å². The fourth-order valence-corrected chi connectivity index (χ4v) is 3.35. The molecule has 0 aliphatic rings. The van der Waals surface area contributed by atoms with Gasteiger partial charge in [0.05, 0.1) is 48.1 Å². The predicted octanol–water partition coefficient (Wildman–Crippen LogP) is 5.09. The van der Waals surface area contributed by atoms with Crippen molar-refractivity contribution in [3.05, 3.63) is 47.4 Å². The molecule has 2 aromatic rings. The van der Waals surface area contributed by atoms with Crippen molar-refractivity contribution in [1.82, 2.24) is 4.90 Å². The van der Waals surface area contributed by atoms with Crippen LogP contribution < -0.4 is 18.9 Å². The standard InChI is InChI=1S/C27H38N2O4/c1-20(2)27(19-28,22-10-12-24(31-5)26(18-22)33-7)14-8-15-29(3)16-13-21-9-11-23(30-4)25(17-21)32-6/h9-12,17-18,20H,8,13-16H2,1-7H3/i1D3,2D3,9D,10D,11D,12D,17D,18D. The molecule has 0 fully saturated rings.